The van der Waals surface area contributed by atoms with Crippen LogP contribution in [0.5, 0.6) is 0 Å². The van der Waals surface area contributed by atoms with Crippen LogP contribution in [0.25, 0.3) is 0 Å². The first-order valence-electron chi connectivity index (χ1n) is 4.12. The summed E-state index contributed by atoms with van der Waals surface area (Å²) in [7, 11) is 0. The fourth-order valence-corrected chi connectivity index (χ4v) is 1.31. The van der Waals surface area contributed by atoms with Crippen molar-refractivity contribution in [2.24, 2.45) is 0 Å². The fraction of sp³-hybridized carbons (Fsp3) is 0.333. The van der Waals surface area contributed by atoms with Gasteiger partial charge in [-0.05, 0) is 12.1 Å². The van der Waals surface area contributed by atoms with E-state index >= 15 is 0 Å². The van der Waals surface area contributed by atoms with Crippen molar-refractivity contribution < 1.29 is 31.4 Å². The Morgan fingerprint density at radius 3 is 1.47 bits per heavy atom. The van der Waals surface area contributed by atoms with Crippen LogP contribution < -0.4 is 0 Å². The Kier molecular flexibility index (Phi) is 3.37. The molecule has 0 saturated carbocycles. The molecule has 0 atom stereocenters. The first kappa shape index (κ1) is 14.1. The summed E-state index contributed by atoms with van der Waals surface area (Å²) in [6.07, 6.45) is -11.8. The van der Waals surface area contributed by atoms with Crippen molar-refractivity contribution in [1.29, 1.82) is 0 Å². The van der Waals surface area contributed by atoms with Crippen molar-refractivity contribution in [2.45, 2.75) is 18.0 Å². The lowest BCUT2D eigenvalue weighted by molar-refractivity contribution is -0.376. The molecule has 0 unspecified atom stereocenters. The minimum Gasteiger partial charge on any atom is -0.369 e. The van der Waals surface area contributed by atoms with Gasteiger partial charge < -0.3 is 5.11 Å². The second kappa shape index (κ2) is 4.06. The summed E-state index contributed by atoms with van der Waals surface area (Å²) >= 11 is 5.35. The lowest BCUT2D eigenvalue weighted by Gasteiger charge is -2.32. The molecule has 17 heavy (non-hydrogen) atoms. The Balaban J connectivity index is 3.41. The lowest BCUT2D eigenvalue weighted by Crippen LogP contribution is -2.53. The number of hydrogen-bond acceptors (Lipinski definition) is 1. The molecule has 0 aliphatic carbocycles. The van der Waals surface area contributed by atoms with Gasteiger partial charge in [0.15, 0.2) is 0 Å². The minimum atomic E-state index is -5.88. The van der Waals surface area contributed by atoms with Crippen LogP contribution in [0.3, 0.4) is 0 Å². The first-order chi connectivity index (χ1) is 7.50. The maximum atomic E-state index is 12.4. The van der Waals surface area contributed by atoms with Crippen LogP contribution in [-0.2, 0) is 5.60 Å². The molecule has 0 aromatic heterocycles. The average molecular weight is 279 g/mol. The van der Waals surface area contributed by atoms with Crippen LogP contribution in [0.4, 0.5) is 26.3 Å². The molecule has 1 N–H and O–H groups in total. The van der Waals surface area contributed by atoms with Gasteiger partial charge in [-0.15, -0.1) is 0 Å². The fourth-order valence-electron chi connectivity index (χ4n) is 1.18. The molecule has 0 fully saturated rings. The predicted molar refractivity (Wildman–Crippen MR) is 47.5 cm³/mol. The van der Waals surface area contributed by atoms with Crippen molar-refractivity contribution in [3.63, 3.8) is 0 Å². The Labute approximate surface area is 96.6 Å². The highest BCUT2D eigenvalue weighted by Crippen LogP contribution is 2.49. The summed E-state index contributed by atoms with van der Waals surface area (Å²) in [5.74, 6) is 0. The number of benzene rings is 1. The molecule has 0 amide bonds. The van der Waals surface area contributed by atoms with Gasteiger partial charge in [-0.3, -0.25) is 0 Å². The van der Waals surface area contributed by atoms with E-state index in [4.69, 9.17) is 16.7 Å². The molecular weight excluding hydrogens is 274 g/mol. The van der Waals surface area contributed by atoms with E-state index in [9.17, 15) is 26.3 Å². The Hall–Kier alpha value is -0.950. The van der Waals surface area contributed by atoms with Crippen LogP contribution in [0.1, 0.15) is 5.56 Å². The van der Waals surface area contributed by atoms with Gasteiger partial charge >= 0.3 is 12.4 Å². The van der Waals surface area contributed by atoms with Crippen molar-refractivity contribution >= 4 is 11.6 Å². The topological polar surface area (TPSA) is 20.2 Å². The van der Waals surface area contributed by atoms with E-state index in [0.717, 1.165) is 12.1 Å². The SMILES string of the molecule is OC(c1ccc(Cl)cc1)(C(F)(F)F)C(F)(F)F. The zero-order chi connectivity index (χ0) is 13.5. The van der Waals surface area contributed by atoms with Gasteiger partial charge in [0, 0.05) is 10.6 Å². The smallest absolute Gasteiger partial charge is 0.369 e. The minimum absolute atomic E-state index is 0.0413. The van der Waals surface area contributed by atoms with Crippen molar-refractivity contribution in [3.8, 4) is 0 Å². The monoisotopic (exact) mass is 278 g/mol. The molecule has 8 heteroatoms. The maximum absolute atomic E-state index is 12.4. The van der Waals surface area contributed by atoms with Crippen LogP contribution in [0.15, 0.2) is 24.3 Å². The summed E-state index contributed by atoms with van der Waals surface area (Å²) in [6.45, 7) is 0. The average Bonchev–Trinajstić information content (AvgIpc) is 2.14. The molecule has 0 aliphatic rings. The number of halogens is 7. The zero-order valence-electron chi connectivity index (χ0n) is 7.90. The number of alkyl halides is 6. The molecule has 96 valence electrons. The molecule has 1 nitrogen and oxygen atoms in total. The first-order valence-corrected chi connectivity index (χ1v) is 4.50. The van der Waals surface area contributed by atoms with Gasteiger partial charge in [0.1, 0.15) is 0 Å². The standard InChI is InChI=1S/C9H5ClF6O/c10-6-3-1-5(2-4-6)7(17,8(11,12)13)9(14,15)16/h1-4,17H. The lowest BCUT2D eigenvalue weighted by atomic mass is 9.92. The Bertz CT molecular complexity index is 379. The van der Waals surface area contributed by atoms with Gasteiger partial charge in [-0.1, -0.05) is 23.7 Å². The van der Waals surface area contributed by atoms with Crippen LogP contribution in [0, 0.1) is 0 Å². The third-order valence-corrected chi connectivity index (χ3v) is 2.33. The summed E-state index contributed by atoms with van der Waals surface area (Å²) in [6, 6.07) is 2.62. The highest BCUT2D eigenvalue weighted by Gasteiger charge is 2.71. The molecule has 0 saturated heterocycles. The highest BCUT2D eigenvalue weighted by molar-refractivity contribution is 6.30. The quantitative estimate of drug-likeness (QED) is 0.778. The van der Waals surface area contributed by atoms with Crippen LogP contribution in [0.2, 0.25) is 5.02 Å². The molecule has 0 bridgehead atoms. The molecule has 1 aromatic carbocycles. The van der Waals surface area contributed by atoms with E-state index < -0.39 is 23.5 Å². The molecule has 0 aliphatic heterocycles. The van der Waals surface area contributed by atoms with Crippen LogP contribution >= 0.6 is 11.6 Å². The van der Waals surface area contributed by atoms with Crippen molar-refractivity contribution in [2.75, 3.05) is 0 Å². The second-order valence-electron chi connectivity index (χ2n) is 3.21. The Morgan fingerprint density at radius 2 is 1.18 bits per heavy atom. The van der Waals surface area contributed by atoms with E-state index in [1.54, 1.807) is 0 Å². The van der Waals surface area contributed by atoms with Gasteiger partial charge in [-0.25, -0.2) is 0 Å². The maximum Gasteiger partial charge on any atom is 0.430 e. The summed E-state index contributed by atoms with van der Waals surface area (Å²) in [4.78, 5) is 0. The molecule has 0 spiro atoms. The molecule has 1 rings (SSSR count). The Morgan fingerprint density at radius 1 is 0.824 bits per heavy atom. The van der Waals surface area contributed by atoms with Gasteiger partial charge in [-0.2, -0.15) is 26.3 Å². The molecule has 1 aromatic rings. The number of aliphatic hydroxyl groups is 1. The van der Waals surface area contributed by atoms with E-state index in [2.05, 4.69) is 0 Å². The van der Waals surface area contributed by atoms with Crippen molar-refractivity contribution in [1.82, 2.24) is 0 Å². The summed E-state index contributed by atoms with van der Waals surface area (Å²) in [5.41, 5.74) is -6.23. The van der Waals surface area contributed by atoms with Gasteiger partial charge in [0.2, 0.25) is 0 Å². The normalized spacial score (nSPS) is 13.9. The summed E-state index contributed by atoms with van der Waals surface area (Å²) < 4.78 is 74.3. The third kappa shape index (κ3) is 2.35. The molecule has 0 heterocycles. The predicted octanol–water partition coefficient (Wildman–Crippen LogP) is 3.65. The van der Waals surface area contributed by atoms with Gasteiger partial charge in [0.25, 0.3) is 5.60 Å². The third-order valence-electron chi connectivity index (χ3n) is 2.08. The summed E-state index contributed by atoms with van der Waals surface area (Å²) in [5, 5.41) is 8.91. The molecular formula is C9H5ClF6O. The van der Waals surface area contributed by atoms with E-state index in [1.807, 2.05) is 0 Å². The van der Waals surface area contributed by atoms with Gasteiger partial charge in [0.05, 0.1) is 0 Å². The molecule has 0 radical (unpaired) electrons. The van der Waals surface area contributed by atoms with Crippen molar-refractivity contribution in [3.05, 3.63) is 34.9 Å². The van der Waals surface area contributed by atoms with Crippen LogP contribution in [-0.4, -0.2) is 17.5 Å². The van der Waals surface area contributed by atoms with E-state index in [1.165, 1.54) is 0 Å². The zero-order valence-corrected chi connectivity index (χ0v) is 8.66. The van der Waals surface area contributed by atoms with E-state index in [-0.39, 0.29) is 5.02 Å². The number of rotatable bonds is 1. The van der Waals surface area contributed by atoms with E-state index in [0.29, 0.717) is 12.1 Å². The second-order valence-corrected chi connectivity index (χ2v) is 3.65. The highest BCUT2D eigenvalue weighted by atomic mass is 35.5. The number of hydrogen-bond donors (Lipinski definition) is 1. The largest absolute Gasteiger partial charge is 0.430 e.